The number of hydrogen-bond donors (Lipinski definition) is 3. The summed E-state index contributed by atoms with van der Waals surface area (Å²) >= 11 is 0. The molecular weight excluding hydrogens is 206 g/mol. The highest BCUT2D eigenvalue weighted by molar-refractivity contribution is 7.91. The Kier molecular flexibility index (Phi) is 5.00. The Morgan fingerprint density at radius 3 is 2.29 bits per heavy atom. The van der Waals surface area contributed by atoms with E-state index in [0.717, 1.165) is 0 Å². The molecule has 0 spiro atoms. The Morgan fingerprint density at radius 1 is 1.43 bits per heavy atom. The number of aliphatic hydroxyl groups excluding tert-OH is 2. The minimum absolute atomic E-state index is 0.0619. The van der Waals surface area contributed by atoms with E-state index in [0.29, 0.717) is 6.42 Å². The predicted octanol–water partition coefficient (Wildman–Crippen LogP) is -1.12. The molecule has 0 heterocycles. The van der Waals surface area contributed by atoms with Crippen molar-refractivity contribution in [3.05, 3.63) is 0 Å². The van der Waals surface area contributed by atoms with Gasteiger partial charge in [0.25, 0.3) is 0 Å². The molecule has 86 valence electrons. The van der Waals surface area contributed by atoms with Gasteiger partial charge in [0, 0.05) is 5.54 Å². The number of nitrogens with two attached hydrogens (primary N) is 1. The van der Waals surface area contributed by atoms with E-state index in [-0.39, 0.29) is 5.75 Å². The molecule has 0 aromatic carbocycles. The maximum Gasteiger partial charge on any atom is 0.153 e. The summed E-state index contributed by atoms with van der Waals surface area (Å²) in [7, 11) is -3.32. The zero-order valence-corrected chi connectivity index (χ0v) is 9.42. The average molecular weight is 225 g/mol. The van der Waals surface area contributed by atoms with Crippen LogP contribution in [0.5, 0.6) is 0 Å². The van der Waals surface area contributed by atoms with Crippen LogP contribution in [0.1, 0.15) is 20.3 Å². The van der Waals surface area contributed by atoms with Gasteiger partial charge in [-0.1, -0.05) is 0 Å². The van der Waals surface area contributed by atoms with Crippen molar-refractivity contribution in [2.75, 3.05) is 18.1 Å². The van der Waals surface area contributed by atoms with Crippen molar-refractivity contribution in [2.45, 2.75) is 31.9 Å². The van der Waals surface area contributed by atoms with Crippen LogP contribution in [0.3, 0.4) is 0 Å². The van der Waals surface area contributed by atoms with E-state index in [9.17, 15) is 8.42 Å². The molecule has 0 radical (unpaired) electrons. The fourth-order valence-electron chi connectivity index (χ4n) is 0.848. The first kappa shape index (κ1) is 13.8. The van der Waals surface area contributed by atoms with Gasteiger partial charge in [-0.15, -0.1) is 0 Å². The minimum atomic E-state index is -3.32. The molecule has 0 aliphatic carbocycles. The smallest absolute Gasteiger partial charge is 0.153 e. The zero-order chi connectivity index (χ0) is 11.4. The maximum absolute atomic E-state index is 11.3. The van der Waals surface area contributed by atoms with Crippen LogP contribution in [0.15, 0.2) is 0 Å². The average Bonchev–Trinajstić information content (AvgIpc) is 1.99. The molecule has 1 atom stereocenters. The molecule has 0 aliphatic rings. The van der Waals surface area contributed by atoms with Gasteiger partial charge in [-0.25, -0.2) is 8.42 Å². The molecule has 1 unspecified atom stereocenters. The van der Waals surface area contributed by atoms with E-state index in [1.165, 1.54) is 0 Å². The zero-order valence-electron chi connectivity index (χ0n) is 8.60. The van der Waals surface area contributed by atoms with E-state index < -0.39 is 33.8 Å². The third kappa shape index (κ3) is 7.25. The van der Waals surface area contributed by atoms with Gasteiger partial charge in [0.15, 0.2) is 9.84 Å². The minimum Gasteiger partial charge on any atom is -0.394 e. The highest BCUT2D eigenvalue weighted by Crippen LogP contribution is 2.07. The molecule has 14 heavy (non-hydrogen) atoms. The summed E-state index contributed by atoms with van der Waals surface area (Å²) in [5.41, 5.74) is 5.10. The Morgan fingerprint density at radius 2 is 1.93 bits per heavy atom. The Hall–Kier alpha value is -0.170. The van der Waals surface area contributed by atoms with Gasteiger partial charge in [-0.05, 0) is 20.3 Å². The van der Waals surface area contributed by atoms with Crippen LogP contribution in [0.25, 0.3) is 0 Å². The van der Waals surface area contributed by atoms with Gasteiger partial charge in [0.05, 0.1) is 24.2 Å². The first-order chi connectivity index (χ1) is 6.16. The summed E-state index contributed by atoms with van der Waals surface area (Å²) in [6, 6.07) is 0. The molecule has 5 nitrogen and oxygen atoms in total. The van der Waals surface area contributed by atoms with Crippen molar-refractivity contribution >= 4 is 9.84 Å². The van der Waals surface area contributed by atoms with Crippen LogP contribution in [-0.2, 0) is 9.84 Å². The standard InChI is InChI=1S/C8H19NO4S/c1-8(2,9)3-4-14(12,13)6-7(11)5-10/h7,10-11H,3-6,9H2,1-2H3. The van der Waals surface area contributed by atoms with Crippen molar-refractivity contribution in [2.24, 2.45) is 5.73 Å². The van der Waals surface area contributed by atoms with Crippen LogP contribution < -0.4 is 5.73 Å². The second-order valence-corrected chi connectivity index (χ2v) is 6.42. The van der Waals surface area contributed by atoms with E-state index in [1.54, 1.807) is 13.8 Å². The quantitative estimate of drug-likeness (QED) is 0.531. The fourth-order valence-corrected chi connectivity index (χ4v) is 2.54. The van der Waals surface area contributed by atoms with Crippen molar-refractivity contribution in [3.63, 3.8) is 0 Å². The van der Waals surface area contributed by atoms with Crippen molar-refractivity contribution in [3.8, 4) is 0 Å². The number of rotatable bonds is 6. The van der Waals surface area contributed by atoms with Crippen LogP contribution in [0, 0.1) is 0 Å². The molecule has 0 bridgehead atoms. The van der Waals surface area contributed by atoms with Gasteiger partial charge < -0.3 is 15.9 Å². The summed E-state index contributed by atoms with van der Waals surface area (Å²) in [5, 5.41) is 17.4. The molecule has 0 saturated heterocycles. The lowest BCUT2D eigenvalue weighted by molar-refractivity contribution is 0.112. The van der Waals surface area contributed by atoms with Crippen molar-refractivity contribution in [1.82, 2.24) is 0 Å². The molecule has 4 N–H and O–H groups in total. The molecular formula is C8H19NO4S. The third-order valence-electron chi connectivity index (χ3n) is 1.71. The van der Waals surface area contributed by atoms with E-state index in [1.807, 2.05) is 0 Å². The first-order valence-electron chi connectivity index (χ1n) is 4.44. The second-order valence-electron chi connectivity index (χ2n) is 4.19. The summed E-state index contributed by atoms with van der Waals surface area (Å²) in [6.07, 6.45) is -0.853. The van der Waals surface area contributed by atoms with Gasteiger partial charge >= 0.3 is 0 Å². The SMILES string of the molecule is CC(C)(N)CCS(=O)(=O)CC(O)CO. The van der Waals surface area contributed by atoms with Crippen LogP contribution in [0.2, 0.25) is 0 Å². The van der Waals surface area contributed by atoms with Gasteiger partial charge in [0.1, 0.15) is 0 Å². The van der Waals surface area contributed by atoms with E-state index >= 15 is 0 Å². The molecule has 0 aromatic heterocycles. The topological polar surface area (TPSA) is 101 Å². The Labute approximate surface area is 84.8 Å². The van der Waals surface area contributed by atoms with Crippen LogP contribution >= 0.6 is 0 Å². The third-order valence-corrected chi connectivity index (χ3v) is 3.43. The number of aliphatic hydroxyl groups is 2. The Balaban J connectivity index is 4.10. The van der Waals surface area contributed by atoms with Crippen molar-refractivity contribution in [1.29, 1.82) is 0 Å². The molecule has 0 amide bonds. The van der Waals surface area contributed by atoms with Crippen LogP contribution in [0.4, 0.5) is 0 Å². The fraction of sp³-hybridized carbons (Fsp3) is 1.00. The molecule has 0 aromatic rings. The lowest BCUT2D eigenvalue weighted by Gasteiger charge is -2.18. The van der Waals surface area contributed by atoms with Gasteiger partial charge in [-0.2, -0.15) is 0 Å². The molecule has 0 fully saturated rings. The number of sulfone groups is 1. The molecule has 0 rings (SSSR count). The maximum atomic E-state index is 11.3. The highest BCUT2D eigenvalue weighted by atomic mass is 32.2. The van der Waals surface area contributed by atoms with Gasteiger partial charge in [0.2, 0.25) is 0 Å². The largest absolute Gasteiger partial charge is 0.394 e. The predicted molar refractivity (Wildman–Crippen MR) is 54.6 cm³/mol. The normalized spacial score (nSPS) is 15.5. The van der Waals surface area contributed by atoms with Crippen molar-refractivity contribution < 1.29 is 18.6 Å². The summed E-state index contributed by atoms with van der Waals surface area (Å²) in [5.74, 6) is -0.465. The summed E-state index contributed by atoms with van der Waals surface area (Å²) in [6.45, 7) is 2.95. The lowest BCUT2D eigenvalue weighted by atomic mass is 10.0. The Bertz CT molecular complexity index is 255. The molecule has 0 saturated carbocycles. The highest BCUT2D eigenvalue weighted by Gasteiger charge is 2.20. The lowest BCUT2D eigenvalue weighted by Crippen LogP contribution is -2.35. The number of hydrogen-bond acceptors (Lipinski definition) is 5. The first-order valence-corrected chi connectivity index (χ1v) is 6.27. The van der Waals surface area contributed by atoms with E-state index in [4.69, 9.17) is 15.9 Å². The molecule has 0 aliphatic heterocycles. The van der Waals surface area contributed by atoms with Crippen LogP contribution in [-0.4, -0.2) is 48.4 Å². The summed E-state index contributed by atoms with van der Waals surface area (Å²) < 4.78 is 22.6. The van der Waals surface area contributed by atoms with E-state index in [2.05, 4.69) is 0 Å². The summed E-state index contributed by atoms with van der Waals surface area (Å²) in [4.78, 5) is 0. The molecule has 6 heteroatoms. The monoisotopic (exact) mass is 225 g/mol. The van der Waals surface area contributed by atoms with Gasteiger partial charge in [-0.3, -0.25) is 0 Å². The second kappa shape index (κ2) is 5.06.